The van der Waals surface area contributed by atoms with E-state index in [9.17, 15) is 14.7 Å². The molecule has 2 fully saturated rings. The van der Waals surface area contributed by atoms with E-state index in [4.69, 9.17) is 10.7 Å². The van der Waals surface area contributed by atoms with Gasteiger partial charge in [0.25, 0.3) is 11.8 Å². The van der Waals surface area contributed by atoms with Gasteiger partial charge in [-0.25, -0.2) is 9.97 Å². The van der Waals surface area contributed by atoms with Crippen LogP contribution >= 0.6 is 0 Å². The van der Waals surface area contributed by atoms with Crippen LogP contribution in [0.5, 0.6) is 0 Å². The third-order valence-corrected chi connectivity index (χ3v) is 6.42. The summed E-state index contributed by atoms with van der Waals surface area (Å²) >= 11 is 0. The normalized spacial score (nSPS) is 22.3. The first-order valence-electron chi connectivity index (χ1n) is 11.7. The van der Waals surface area contributed by atoms with Crippen LogP contribution in [0, 0.1) is 17.8 Å². The molecule has 2 aromatic rings. The van der Waals surface area contributed by atoms with E-state index in [1.807, 2.05) is 12.1 Å². The molecule has 0 radical (unpaired) electrons. The molecular formula is C26H31N5O3. The number of rotatable bonds is 5. The number of aromatic nitrogens is 2. The lowest BCUT2D eigenvalue weighted by atomic mass is 10.0. The molecule has 8 heteroatoms. The molecule has 1 aromatic heterocycles. The predicted molar refractivity (Wildman–Crippen MR) is 130 cm³/mol. The molecule has 0 bridgehead atoms. The minimum absolute atomic E-state index is 0.167. The van der Waals surface area contributed by atoms with Gasteiger partial charge in [0, 0.05) is 49.8 Å². The molecule has 8 nitrogen and oxygen atoms in total. The first-order chi connectivity index (χ1) is 16.2. The van der Waals surface area contributed by atoms with Crippen molar-refractivity contribution in [1.82, 2.24) is 14.9 Å². The van der Waals surface area contributed by atoms with E-state index in [2.05, 4.69) is 35.6 Å². The Morgan fingerprint density at radius 3 is 2.76 bits per heavy atom. The van der Waals surface area contributed by atoms with Crippen LogP contribution in [-0.4, -0.2) is 63.6 Å². The molecule has 2 saturated heterocycles. The minimum atomic E-state index is -1.67. The zero-order valence-electron chi connectivity index (χ0n) is 19.9. The monoisotopic (exact) mass is 461 g/mol. The van der Waals surface area contributed by atoms with Gasteiger partial charge in [0.05, 0.1) is 0 Å². The number of anilines is 1. The quantitative estimate of drug-likeness (QED) is 0.660. The first-order valence-corrected chi connectivity index (χ1v) is 11.7. The molecule has 178 valence electrons. The van der Waals surface area contributed by atoms with E-state index < -0.39 is 11.5 Å². The van der Waals surface area contributed by atoms with Crippen LogP contribution in [0.2, 0.25) is 0 Å². The number of carbonyl (C=O) groups excluding carboxylic acids is 2. The lowest BCUT2D eigenvalue weighted by molar-refractivity contribution is -0.137. The molecule has 2 amide bonds. The van der Waals surface area contributed by atoms with Crippen LogP contribution in [0.3, 0.4) is 0 Å². The van der Waals surface area contributed by atoms with Gasteiger partial charge in [-0.05, 0) is 37.3 Å². The molecule has 2 aliphatic heterocycles. The van der Waals surface area contributed by atoms with Crippen LogP contribution in [0.1, 0.15) is 55.6 Å². The van der Waals surface area contributed by atoms with E-state index in [1.165, 1.54) is 4.90 Å². The Morgan fingerprint density at radius 2 is 2.09 bits per heavy atom. The van der Waals surface area contributed by atoms with Crippen LogP contribution in [-0.2, 0) is 4.79 Å². The summed E-state index contributed by atoms with van der Waals surface area (Å²) in [6.45, 7) is 5.75. The van der Waals surface area contributed by atoms with Crippen LogP contribution in [0.25, 0.3) is 11.4 Å². The molecule has 34 heavy (non-hydrogen) atoms. The summed E-state index contributed by atoms with van der Waals surface area (Å²) in [4.78, 5) is 37.2. The van der Waals surface area contributed by atoms with Gasteiger partial charge in [-0.3, -0.25) is 9.59 Å². The number of nitrogens with two attached hydrogens (primary N) is 1. The maximum atomic E-state index is 12.2. The van der Waals surface area contributed by atoms with Crippen molar-refractivity contribution in [2.24, 2.45) is 11.7 Å². The zero-order valence-corrected chi connectivity index (χ0v) is 19.9. The lowest BCUT2D eigenvalue weighted by Crippen LogP contribution is -2.37. The Morgan fingerprint density at radius 1 is 1.29 bits per heavy atom. The van der Waals surface area contributed by atoms with Gasteiger partial charge in [0.2, 0.25) is 5.60 Å². The molecule has 3 N–H and O–H groups in total. The standard InChI is InChI=1S/C26H31N5O3/c1-17(2)14-20-8-5-12-31(20)22-16-21(23(27)32)28-24(29-22)19-7-4-6-18(15-19)9-10-26(34)11-13-30(3)25(26)33/h4,6-7,15-17,20,34H,5,8,11-14H2,1-3H3,(H2,27,32)/t20?,26-/m0/s1. The van der Waals surface area contributed by atoms with Crippen molar-refractivity contribution in [3.63, 3.8) is 0 Å². The molecular weight excluding hydrogens is 430 g/mol. The third-order valence-electron chi connectivity index (χ3n) is 6.42. The smallest absolute Gasteiger partial charge is 0.267 e. The van der Waals surface area contributed by atoms with Gasteiger partial charge < -0.3 is 20.6 Å². The number of carbonyl (C=O) groups is 2. The van der Waals surface area contributed by atoms with Gasteiger partial charge in [-0.2, -0.15) is 0 Å². The Hall–Kier alpha value is -3.44. The van der Waals surface area contributed by atoms with Crippen LogP contribution < -0.4 is 10.6 Å². The fourth-order valence-corrected chi connectivity index (χ4v) is 4.64. The van der Waals surface area contributed by atoms with Crippen molar-refractivity contribution in [2.45, 2.75) is 51.2 Å². The molecule has 4 rings (SSSR count). The number of nitrogens with zero attached hydrogens (tertiary/aromatic N) is 4. The zero-order chi connectivity index (χ0) is 24.5. The number of hydrogen-bond donors (Lipinski definition) is 2. The number of likely N-dealkylation sites (N-methyl/N-ethyl adjacent to an activating group) is 1. The summed E-state index contributed by atoms with van der Waals surface area (Å²) in [6.07, 6.45) is 3.48. The van der Waals surface area contributed by atoms with Crippen molar-refractivity contribution >= 4 is 17.6 Å². The number of amides is 2. The summed E-state index contributed by atoms with van der Waals surface area (Å²) in [5, 5.41) is 10.6. The fraction of sp³-hybridized carbons (Fsp3) is 0.462. The van der Waals surface area contributed by atoms with Crippen molar-refractivity contribution in [1.29, 1.82) is 0 Å². The maximum Gasteiger partial charge on any atom is 0.267 e. The molecule has 2 atom stereocenters. The van der Waals surface area contributed by atoms with E-state index in [1.54, 1.807) is 25.2 Å². The summed E-state index contributed by atoms with van der Waals surface area (Å²) in [7, 11) is 1.65. The average Bonchev–Trinajstić information content (AvgIpc) is 3.37. The Kier molecular flexibility index (Phi) is 6.58. The van der Waals surface area contributed by atoms with Gasteiger partial charge in [0.15, 0.2) is 5.82 Å². The van der Waals surface area contributed by atoms with Gasteiger partial charge >= 0.3 is 0 Å². The number of benzene rings is 1. The summed E-state index contributed by atoms with van der Waals surface area (Å²) in [5.41, 5.74) is 5.39. The van der Waals surface area contributed by atoms with Gasteiger partial charge in [-0.1, -0.05) is 37.8 Å². The molecule has 1 unspecified atom stereocenters. The third kappa shape index (κ3) is 4.90. The molecule has 2 aliphatic rings. The number of primary amides is 1. The summed E-state index contributed by atoms with van der Waals surface area (Å²) in [5.74, 6) is 6.30. The van der Waals surface area contributed by atoms with E-state index in [-0.39, 0.29) is 18.0 Å². The lowest BCUT2D eigenvalue weighted by Gasteiger charge is -2.27. The largest absolute Gasteiger partial charge is 0.369 e. The average molecular weight is 462 g/mol. The number of hydrogen-bond acceptors (Lipinski definition) is 6. The van der Waals surface area contributed by atoms with Crippen molar-refractivity contribution in [3.05, 3.63) is 41.6 Å². The topological polar surface area (TPSA) is 113 Å². The fourth-order valence-electron chi connectivity index (χ4n) is 4.64. The molecule has 3 heterocycles. The molecule has 1 aromatic carbocycles. The van der Waals surface area contributed by atoms with Crippen molar-refractivity contribution < 1.29 is 14.7 Å². The second kappa shape index (κ2) is 9.43. The highest BCUT2D eigenvalue weighted by atomic mass is 16.3. The van der Waals surface area contributed by atoms with Crippen LogP contribution in [0.4, 0.5) is 5.82 Å². The van der Waals surface area contributed by atoms with Gasteiger partial charge in [-0.15, -0.1) is 0 Å². The Labute approximate surface area is 200 Å². The molecule has 0 aliphatic carbocycles. The summed E-state index contributed by atoms with van der Waals surface area (Å²) < 4.78 is 0. The van der Waals surface area contributed by atoms with Crippen molar-refractivity contribution in [3.8, 4) is 23.2 Å². The first kappa shape index (κ1) is 23.7. The summed E-state index contributed by atoms with van der Waals surface area (Å²) in [6, 6.07) is 9.27. The number of aliphatic hydroxyl groups is 1. The Balaban J connectivity index is 1.68. The minimum Gasteiger partial charge on any atom is -0.369 e. The van der Waals surface area contributed by atoms with E-state index >= 15 is 0 Å². The second-order valence-corrected chi connectivity index (χ2v) is 9.59. The molecule has 0 spiro atoms. The molecule has 0 saturated carbocycles. The van der Waals surface area contributed by atoms with Crippen LogP contribution in [0.15, 0.2) is 30.3 Å². The highest BCUT2D eigenvalue weighted by Crippen LogP contribution is 2.30. The highest BCUT2D eigenvalue weighted by molar-refractivity contribution is 5.92. The Bertz CT molecular complexity index is 1170. The maximum absolute atomic E-state index is 12.2. The SMILES string of the molecule is CC(C)CC1CCCN1c1cc(C(N)=O)nc(-c2cccc(C#C[C@]3(O)CCN(C)C3=O)c2)n1. The second-order valence-electron chi connectivity index (χ2n) is 9.59. The van der Waals surface area contributed by atoms with Crippen molar-refractivity contribution in [2.75, 3.05) is 25.0 Å². The van der Waals surface area contributed by atoms with E-state index in [0.717, 1.165) is 25.8 Å². The number of likely N-dealkylation sites (tertiary alicyclic amines) is 1. The predicted octanol–water partition coefficient (Wildman–Crippen LogP) is 2.20. The highest BCUT2D eigenvalue weighted by Gasteiger charge is 2.42. The van der Waals surface area contributed by atoms with Gasteiger partial charge in [0.1, 0.15) is 11.5 Å². The van der Waals surface area contributed by atoms with E-state index in [0.29, 0.717) is 41.3 Å².